The number of rotatable bonds is 5. The van der Waals surface area contributed by atoms with E-state index in [1.807, 2.05) is 12.1 Å². The molecular weight excluding hydrogens is 333 g/mol. The summed E-state index contributed by atoms with van der Waals surface area (Å²) in [5.41, 5.74) is 8.38. The Morgan fingerprint density at radius 3 is 2.43 bits per heavy atom. The lowest BCUT2D eigenvalue weighted by Crippen LogP contribution is -2.24. The molecule has 0 spiro atoms. The summed E-state index contributed by atoms with van der Waals surface area (Å²) in [6.07, 6.45) is 0. The molecule has 0 bridgehead atoms. The van der Waals surface area contributed by atoms with Crippen LogP contribution in [-0.2, 0) is 0 Å². The summed E-state index contributed by atoms with van der Waals surface area (Å²) in [5.74, 6) is -0.300. The highest BCUT2D eigenvalue weighted by Crippen LogP contribution is 2.29. The smallest absolute Gasteiger partial charge is 0.257 e. The molecule has 0 aromatic heterocycles. The molecule has 122 valence electrons. The van der Waals surface area contributed by atoms with Gasteiger partial charge in [0.15, 0.2) is 0 Å². The maximum Gasteiger partial charge on any atom is 0.257 e. The van der Waals surface area contributed by atoms with Gasteiger partial charge in [0.2, 0.25) is 0 Å². The molecule has 4 nitrogen and oxygen atoms in total. The molecule has 2 aromatic rings. The van der Waals surface area contributed by atoms with Crippen molar-refractivity contribution in [3.05, 3.63) is 52.0 Å². The minimum Gasteiger partial charge on any atom is -0.399 e. The van der Waals surface area contributed by atoms with Gasteiger partial charge in [0.1, 0.15) is 0 Å². The molecule has 0 fully saturated rings. The van der Waals surface area contributed by atoms with E-state index in [1.165, 1.54) is 0 Å². The first-order valence-corrected chi connectivity index (χ1v) is 8.12. The molecule has 0 aliphatic heterocycles. The molecule has 0 unspecified atom stereocenters. The maximum absolute atomic E-state index is 12.5. The van der Waals surface area contributed by atoms with E-state index in [0.717, 1.165) is 18.8 Å². The SMILES string of the molecule is CCN(CC)c1ccc(N)cc1NC(=O)c1ccc(Cl)cc1Cl. The van der Waals surface area contributed by atoms with Crippen molar-refractivity contribution in [2.24, 2.45) is 0 Å². The zero-order valence-electron chi connectivity index (χ0n) is 13.1. The highest BCUT2D eigenvalue weighted by molar-refractivity contribution is 6.37. The van der Waals surface area contributed by atoms with Crippen LogP contribution in [-0.4, -0.2) is 19.0 Å². The van der Waals surface area contributed by atoms with Gasteiger partial charge in [-0.1, -0.05) is 23.2 Å². The Morgan fingerprint density at radius 1 is 1.13 bits per heavy atom. The Morgan fingerprint density at radius 2 is 1.83 bits per heavy atom. The largest absolute Gasteiger partial charge is 0.399 e. The van der Waals surface area contributed by atoms with Crippen LogP contribution in [0.4, 0.5) is 17.1 Å². The lowest BCUT2D eigenvalue weighted by molar-refractivity contribution is 0.102. The summed E-state index contributed by atoms with van der Waals surface area (Å²) in [5, 5.41) is 3.68. The molecule has 1 amide bonds. The third-order valence-electron chi connectivity index (χ3n) is 3.55. The fourth-order valence-corrected chi connectivity index (χ4v) is 2.85. The molecule has 3 N–H and O–H groups in total. The number of nitrogen functional groups attached to an aromatic ring is 1. The Hall–Kier alpha value is -1.91. The van der Waals surface area contributed by atoms with E-state index in [4.69, 9.17) is 28.9 Å². The van der Waals surface area contributed by atoms with E-state index in [-0.39, 0.29) is 5.91 Å². The molecule has 0 saturated heterocycles. The first-order valence-electron chi connectivity index (χ1n) is 7.37. The van der Waals surface area contributed by atoms with Gasteiger partial charge in [0, 0.05) is 23.8 Å². The van der Waals surface area contributed by atoms with Crippen molar-refractivity contribution in [1.29, 1.82) is 0 Å². The van der Waals surface area contributed by atoms with Crippen LogP contribution in [0.25, 0.3) is 0 Å². The van der Waals surface area contributed by atoms with E-state index in [9.17, 15) is 4.79 Å². The topological polar surface area (TPSA) is 58.4 Å². The predicted molar refractivity (Wildman–Crippen MR) is 98.8 cm³/mol. The highest BCUT2D eigenvalue weighted by Gasteiger charge is 2.15. The van der Waals surface area contributed by atoms with Gasteiger partial charge < -0.3 is 16.0 Å². The number of nitrogens with one attached hydrogen (secondary N) is 1. The lowest BCUT2D eigenvalue weighted by Gasteiger charge is -2.24. The van der Waals surface area contributed by atoms with Crippen LogP contribution in [0.3, 0.4) is 0 Å². The summed E-state index contributed by atoms with van der Waals surface area (Å²) in [6, 6.07) is 10.2. The zero-order valence-corrected chi connectivity index (χ0v) is 14.6. The quantitative estimate of drug-likeness (QED) is 0.769. The van der Waals surface area contributed by atoms with E-state index >= 15 is 0 Å². The Kier molecular flexibility index (Phi) is 5.74. The maximum atomic E-state index is 12.5. The van der Waals surface area contributed by atoms with Crippen molar-refractivity contribution in [2.45, 2.75) is 13.8 Å². The van der Waals surface area contributed by atoms with Crippen LogP contribution >= 0.6 is 23.2 Å². The van der Waals surface area contributed by atoms with Gasteiger partial charge in [-0.3, -0.25) is 4.79 Å². The number of benzene rings is 2. The molecule has 0 atom stereocenters. The van der Waals surface area contributed by atoms with Crippen LogP contribution in [0.2, 0.25) is 10.0 Å². The molecule has 2 rings (SSSR count). The summed E-state index contributed by atoms with van der Waals surface area (Å²) >= 11 is 12.0. The summed E-state index contributed by atoms with van der Waals surface area (Å²) in [4.78, 5) is 14.6. The zero-order chi connectivity index (χ0) is 17.0. The second-order valence-corrected chi connectivity index (χ2v) is 5.87. The second kappa shape index (κ2) is 7.57. The Balaban J connectivity index is 2.35. The number of nitrogens with two attached hydrogens (primary N) is 1. The molecule has 0 heterocycles. The Bertz CT molecular complexity index is 715. The molecule has 0 aliphatic rings. The van der Waals surface area contributed by atoms with E-state index in [2.05, 4.69) is 24.1 Å². The molecule has 0 radical (unpaired) electrons. The van der Waals surface area contributed by atoms with Crippen molar-refractivity contribution in [2.75, 3.05) is 29.0 Å². The number of carbonyl (C=O) groups is 1. The van der Waals surface area contributed by atoms with Crippen LogP contribution in [0.15, 0.2) is 36.4 Å². The van der Waals surface area contributed by atoms with Gasteiger partial charge in [-0.2, -0.15) is 0 Å². The van der Waals surface area contributed by atoms with E-state index in [1.54, 1.807) is 24.3 Å². The van der Waals surface area contributed by atoms with Crippen molar-refractivity contribution in [1.82, 2.24) is 0 Å². The number of amides is 1. The van der Waals surface area contributed by atoms with Gasteiger partial charge >= 0.3 is 0 Å². The number of carbonyl (C=O) groups excluding carboxylic acids is 1. The van der Waals surface area contributed by atoms with Gasteiger partial charge in [0.05, 0.1) is 22.0 Å². The number of anilines is 3. The number of hydrogen-bond donors (Lipinski definition) is 2. The minimum atomic E-state index is -0.300. The number of nitrogens with zero attached hydrogens (tertiary/aromatic N) is 1. The average Bonchev–Trinajstić information content (AvgIpc) is 2.50. The molecule has 2 aromatic carbocycles. The van der Waals surface area contributed by atoms with Crippen molar-refractivity contribution < 1.29 is 4.79 Å². The summed E-state index contributed by atoms with van der Waals surface area (Å²) in [6.45, 7) is 5.76. The van der Waals surface area contributed by atoms with E-state index in [0.29, 0.717) is 27.0 Å². The molecule has 0 saturated carbocycles. The monoisotopic (exact) mass is 351 g/mol. The fraction of sp³-hybridized carbons (Fsp3) is 0.235. The normalized spacial score (nSPS) is 10.4. The number of halogens is 2. The first-order chi connectivity index (χ1) is 11.0. The van der Waals surface area contributed by atoms with E-state index < -0.39 is 0 Å². The standard InChI is InChI=1S/C17H19Cl2N3O/c1-3-22(4-2)16-8-6-12(20)10-15(16)21-17(23)13-7-5-11(18)9-14(13)19/h5-10H,3-4,20H2,1-2H3,(H,21,23). The number of hydrogen-bond acceptors (Lipinski definition) is 3. The minimum absolute atomic E-state index is 0.300. The third kappa shape index (κ3) is 4.09. The molecule has 0 aliphatic carbocycles. The Labute approximate surface area is 146 Å². The second-order valence-electron chi connectivity index (χ2n) is 5.03. The lowest BCUT2D eigenvalue weighted by atomic mass is 10.1. The van der Waals surface area contributed by atoms with Crippen LogP contribution in [0, 0.1) is 0 Å². The fourth-order valence-electron chi connectivity index (χ4n) is 2.36. The van der Waals surface area contributed by atoms with Crippen LogP contribution in [0.5, 0.6) is 0 Å². The van der Waals surface area contributed by atoms with Crippen molar-refractivity contribution >= 4 is 46.2 Å². The van der Waals surface area contributed by atoms with Gasteiger partial charge in [0.25, 0.3) is 5.91 Å². The first kappa shape index (κ1) is 17.4. The molecular formula is C17H19Cl2N3O. The third-order valence-corrected chi connectivity index (χ3v) is 4.10. The average molecular weight is 352 g/mol. The van der Waals surface area contributed by atoms with Crippen LogP contribution < -0.4 is 16.0 Å². The van der Waals surface area contributed by atoms with Gasteiger partial charge in [-0.15, -0.1) is 0 Å². The van der Waals surface area contributed by atoms with Crippen molar-refractivity contribution in [3.63, 3.8) is 0 Å². The highest BCUT2D eigenvalue weighted by atomic mass is 35.5. The molecule has 23 heavy (non-hydrogen) atoms. The summed E-state index contributed by atoms with van der Waals surface area (Å²) in [7, 11) is 0. The predicted octanol–water partition coefficient (Wildman–Crippen LogP) is 4.67. The summed E-state index contributed by atoms with van der Waals surface area (Å²) < 4.78 is 0. The van der Waals surface area contributed by atoms with Gasteiger partial charge in [-0.05, 0) is 50.2 Å². The van der Waals surface area contributed by atoms with Crippen LogP contribution in [0.1, 0.15) is 24.2 Å². The van der Waals surface area contributed by atoms with Crippen molar-refractivity contribution in [3.8, 4) is 0 Å². The van der Waals surface area contributed by atoms with Gasteiger partial charge in [-0.25, -0.2) is 0 Å². The molecule has 6 heteroatoms.